The zero-order chi connectivity index (χ0) is 48.6. The smallest absolute Gasteiger partial charge is 0.533 e. The minimum atomic E-state index is -0.881. The number of rotatable bonds is 15. The number of nitrogens with one attached hydrogen (secondary N) is 5. The van der Waals surface area contributed by atoms with Crippen LogP contribution in [0.25, 0.3) is 5.48 Å². The van der Waals surface area contributed by atoms with E-state index >= 15 is 0 Å². The fourth-order valence-corrected chi connectivity index (χ4v) is 5.93. The van der Waals surface area contributed by atoms with Gasteiger partial charge in [-0.1, -0.05) is 80.6 Å². The summed E-state index contributed by atoms with van der Waals surface area (Å²) in [5.41, 5.74) is 9.35. The molecule has 2 atom stereocenters. The average Bonchev–Trinajstić information content (AvgIpc) is 3.61. The summed E-state index contributed by atoms with van der Waals surface area (Å²) in [6.07, 6.45) is 1.09. The fourth-order valence-electron chi connectivity index (χ4n) is 5.75. The van der Waals surface area contributed by atoms with Gasteiger partial charge in [0.15, 0.2) is 6.73 Å². The number of urea groups is 1. The molecule has 2 unspecified atom stereocenters. The van der Waals surface area contributed by atoms with Gasteiger partial charge in [-0.25, -0.2) is 14.5 Å². The van der Waals surface area contributed by atoms with Crippen LogP contribution in [0.4, 0.5) is 21.0 Å². The predicted molar refractivity (Wildman–Crippen MR) is 255 cm³/mol. The second-order valence-corrected chi connectivity index (χ2v) is 14.5. The Morgan fingerprint density at radius 2 is 1.59 bits per heavy atom. The van der Waals surface area contributed by atoms with Crippen LogP contribution in [0.2, 0.25) is 5.02 Å². The first-order valence-electron chi connectivity index (χ1n) is 20.6. The van der Waals surface area contributed by atoms with Crippen LogP contribution in [0.5, 0.6) is 0 Å². The van der Waals surface area contributed by atoms with E-state index in [2.05, 4.69) is 57.0 Å². The van der Waals surface area contributed by atoms with Crippen molar-refractivity contribution in [3.63, 3.8) is 0 Å². The third kappa shape index (κ3) is 25.8. The summed E-state index contributed by atoms with van der Waals surface area (Å²) in [7, 11) is 1.38. The van der Waals surface area contributed by atoms with Gasteiger partial charge in [0.2, 0.25) is 11.8 Å². The number of hydroxylamine groups is 1. The Balaban J connectivity index is -0.00000130. The largest absolute Gasteiger partial charge is 1.00 e. The number of carbonyl (C=O) groups excluding carboxylic acids is 7. The van der Waals surface area contributed by atoms with Gasteiger partial charge in [-0.3, -0.25) is 19.2 Å². The van der Waals surface area contributed by atoms with Crippen LogP contribution in [0, 0.1) is 21.3 Å². The van der Waals surface area contributed by atoms with Crippen molar-refractivity contribution in [2.75, 3.05) is 37.6 Å². The molecule has 0 bridgehead atoms. The van der Waals surface area contributed by atoms with E-state index in [4.69, 9.17) is 21.4 Å². The molecule has 1 fully saturated rings. The number of likely N-dealkylation sites (tertiary alicyclic amines) is 1. The number of carbonyl (C=O) groups is 7. The number of ether oxygens (including phenoxy) is 1. The summed E-state index contributed by atoms with van der Waals surface area (Å²) in [5.74, 6) is -2.25. The van der Waals surface area contributed by atoms with Crippen molar-refractivity contribution < 1.29 is 219 Å². The van der Waals surface area contributed by atoms with E-state index in [1.54, 1.807) is 73.7 Å². The summed E-state index contributed by atoms with van der Waals surface area (Å²) in [4.78, 5) is 92.0. The Kier molecular flexibility index (Phi) is 40.6. The average molecular weight is 1290 g/mol. The zero-order valence-corrected chi connectivity index (χ0v) is 57.4. The molecule has 0 spiro atoms. The van der Waals surface area contributed by atoms with Gasteiger partial charge in [-0.05, 0) is 79.8 Å². The molecule has 0 aromatic heterocycles. The molecule has 5 rings (SSSR count). The first-order chi connectivity index (χ1) is 31.0. The van der Waals surface area contributed by atoms with Gasteiger partial charge in [-0.15, -0.1) is 6.54 Å². The molecule has 3 aromatic carbocycles. The molecule has 0 aliphatic carbocycles. The Bertz CT molecular complexity index is 2170. The van der Waals surface area contributed by atoms with Gasteiger partial charge in [0.25, 0.3) is 11.8 Å². The maximum Gasteiger partial charge on any atom is 1.00 e. The van der Waals surface area contributed by atoms with E-state index in [1.807, 2.05) is 27.7 Å². The summed E-state index contributed by atoms with van der Waals surface area (Å²) in [6.45, 7) is 19.6. The summed E-state index contributed by atoms with van der Waals surface area (Å²) in [5, 5.41) is 22.3. The quantitative estimate of drug-likeness (QED) is 0.0411. The van der Waals surface area contributed by atoms with Crippen LogP contribution in [-0.2, 0) is 81.2 Å². The second kappa shape index (κ2) is 39.0. The second-order valence-electron chi connectivity index (χ2n) is 14.1. The van der Waals surface area contributed by atoms with Crippen molar-refractivity contribution in [1.82, 2.24) is 25.8 Å². The Labute approximate surface area is 554 Å². The molecule has 3 aromatic rings. The molecule has 8 amide bonds. The van der Waals surface area contributed by atoms with Crippen molar-refractivity contribution in [1.29, 1.82) is 0 Å². The van der Waals surface area contributed by atoms with E-state index < -0.39 is 48.7 Å². The number of benzene rings is 3. The number of allylic oxidation sites excluding steroid dienone is 2. The Morgan fingerprint density at radius 1 is 0.986 bits per heavy atom. The molecule has 0 saturated carbocycles. The monoisotopic (exact) mass is 1290 g/mol. The number of amides is 8. The van der Waals surface area contributed by atoms with E-state index in [-0.39, 0.29) is 235 Å². The third-order valence-corrected chi connectivity index (χ3v) is 9.60. The Morgan fingerprint density at radius 3 is 2.16 bits per heavy atom. The van der Waals surface area contributed by atoms with Gasteiger partial charge in [0.1, 0.15) is 12.1 Å². The van der Waals surface area contributed by atoms with Crippen LogP contribution >= 0.6 is 11.6 Å². The summed E-state index contributed by atoms with van der Waals surface area (Å²) >= 11 is 6.11. The minimum absolute atomic E-state index is 0. The van der Waals surface area contributed by atoms with Crippen molar-refractivity contribution in [3.05, 3.63) is 138 Å². The summed E-state index contributed by atoms with van der Waals surface area (Å²) < 4.78 is 5.01. The van der Waals surface area contributed by atoms with Crippen molar-refractivity contribution >= 4 is 64.6 Å². The number of hydrogen-bond acceptors (Lipinski definition) is 10. The molecule has 6 N–H and O–H groups in total. The van der Waals surface area contributed by atoms with Crippen molar-refractivity contribution in [3.8, 4) is 0 Å². The van der Waals surface area contributed by atoms with Gasteiger partial charge in [0.05, 0.1) is 12.5 Å². The van der Waals surface area contributed by atoms with Gasteiger partial charge in [-0.2, -0.15) is 0 Å². The SMILES string of the molecule is C=CC(=C)C.CC.CO[N-]CCNC(=O)OCN1C(=O)CCC(N2Cc3cc(CNC(=O)Nc4ccc(C)c(Cl)c4)ccc3C2=O)C1=O.[CH2-]C(=O)NC(C)C(=O)Nc1ccc(CO)cc1.[CH3-].[Cs+].[Cs+].[Y]. The molecule has 1 saturated heterocycles. The molecule has 2 heterocycles. The molecule has 2 aliphatic rings. The topological polar surface area (TPSA) is 239 Å². The molecule has 69 heavy (non-hydrogen) atoms. The van der Waals surface area contributed by atoms with Crippen LogP contribution in [0.3, 0.4) is 0 Å². The first kappa shape index (κ1) is 71.7. The number of halogens is 1. The molecular weight excluding hydrogens is 1230 g/mol. The molecule has 18 nitrogen and oxygen atoms in total. The number of nitrogens with zero attached hydrogens (tertiary/aromatic N) is 3. The maximum atomic E-state index is 13.2. The fraction of sp³-hybridized carbons (Fsp3) is 0.340. The van der Waals surface area contributed by atoms with E-state index in [0.717, 1.165) is 27.2 Å². The predicted octanol–water partition coefficient (Wildman–Crippen LogP) is 0.749. The zero-order valence-electron chi connectivity index (χ0n) is 41.2. The molecule has 363 valence electrons. The van der Waals surface area contributed by atoms with Crippen LogP contribution in [0.1, 0.15) is 73.1 Å². The molecule has 2 aliphatic heterocycles. The number of aliphatic hydroxyl groups is 1. The molecular formula is C47H62ClCs2N8O10Y-. The maximum absolute atomic E-state index is 13.2. The minimum Gasteiger partial charge on any atom is -0.533 e. The van der Waals surface area contributed by atoms with Crippen LogP contribution in [-0.4, -0.2) is 95.6 Å². The third-order valence-electron chi connectivity index (χ3n) is 9.19. The summed E-state index contributed by atoms with van der Waals surface area (Å²) in [6, 6.07) is 15.3. The number of piperidine rings is 1. The number of aryl methyl sites for hydroxylation is 1. The molecule has 22 heteroatoms. The van der Waals surface area contributed by atoms with E-state index in [1.165, 1.54) is 12.0 Å². The first-order valence-corrected chi connectivity index (χ1v) is 20.9. The van der Waals surface area contributed by atoms with Crippen molar-refractivity contribution in [2.24, 2.45) is 0 Å². The number of imide groups is 1. The van der Waals surface area contributed by atoms with E-state index in [9.17, 15) is 33.6 Å². The van der Waals surface area contributed by atoms with Gasteiger partial charge in [0, 0.05) is 87.8 Å². The Hall–Kier alpha value is -1.52. The number of alkyl carbamates (subject to hydrolysis) is 1. The normalized spacial score (nSPS) is 13.2. The van der Waals surface area contributed by atoms with Crippen LogP contribution in [0.15, 0.2) is 85.5 Å². The number of aliphatic hydroxyl groups excluding tert-OH is 1. The number of hydrogen-bond donors (Lipinski definition) is 6. The van der Waals surface area contributed by atoms with E-state index in [0.29, 0.717) is 27.5 Å². The number of anilines is 2. The molecule has 1 radical (unpaired) electrons. The van der Waals surface area contributed by atoms with Crippen molar-refractivity contribution in [2.45, 2.75) is 79.2 Å². The van der Waals surface area contributed by atoms with Gasteiger partial charge >= 0.3 is 150 Å². The van der Waals surface area contributed by atoms with Gasteiger partial charge < -0.3 is 70.8 Å². The van der Waals surface area contributed by atoms with Crippen LogP contribution < -0.4 is 164 Å². The number of fused-ring (bicyclic) bond motifs is 1. The standard InChI is InChI=1S/C27H30ClN6O7.C12H15N2O3.C5H8.C2H6.CH3.2Cs.Y/c1-16-3-5-19(12-21(16)28)32-26(38)30-13-17-4-6-20-18(11-17)14-33(24(20)36)22-7-8-23(35)34(25(22)37)15-41-27(39)29-9-10-31-40-2;1-8(13-9(2)16)12(17)14-11-5-3-10(7-15)4-6-11;1-4-5(2)3;1-2;;;;/h3-6,11-12,22H,7-10,13-15H2,1-2H3,(H,29,39)(H2,30,32,38);3-6,8,15H,2,7H2,1H3,(H,13,16)(H,14,17);4H,1-2H2,3H3;1-2H3;1H3;;;/q2*-1;;;-1;2*+1;.